The number of likely N-dealkylation sites (N-methyl/N-ethyl adjacent to an activating group) is 2. The van der Waals surface area contributed by atoms with E-state index < -0.39 is 5.97 Å². The van der Waals surface area contributed by atoms with Gasteiger partial charge in [0.25, 0.3) is 0 Å². The van der Waals surface area contributed by atoms with Crippen LogP contribution in [0, 0.1) is 0 Å². The third-order valence-corrected chi connectivity index (χ3v) is 11.2. The lowest BCUT2D eigenvalue weighted by molar-refractivity contribution is 0.0431. The molecule has 0 amide bonds. The van der Waals surface area contributed by atoms with Crippen molar-refractivity contribution in [3.8, 4) is 40.2 Å². The van der Waals surface area contributed by atoms with Gasteiger partial charge in [0.1, 0.15) is 18.1 Å². The van der Waals surface area contributed by atoms with E-state index in [4.69, 9.17) is 32.8 Å². The summed E-state index contributed by atoms with van der Waals surface area (Å²) in [6.07, 6.45) is 4.26. The Morgan fingerprint density at radius 1 is 0.818 bits per heavy atom. The second kappa shape index (κ2) is 15.3. The molecular formula is C44H46N2O9. The highest BCUT2D eigenvalue weighted by atomic mass is 16.6. The Hall–Kier alpha value is -5.49. The molecule has 0 saturated heterocycles. The van der Waals surface area contributed by atoms with Crippen molar-refractivity contribution in [1.82, 2.24) is 9.80 Å². The average molecular weight is 747 g/mol. The number of ether oxygens (including phenoxy) is 6. The predicted octanol–water partition coefficient (Wildman–Crippen LogP) is 7.60. The number of nitrogens with zero attached hydrogens (tertiary/aromatic N) is 2. The first-order valence-corrected chi connectivity index (χ1v) is 18.6. The highest BCUT2D eigenvalue weighted by Gasteiger charge is 2.37. The minimum absolute atomic E-state index is 0.0664. The summed E-state index contributed by atoms with van der Waals surface area (Å²) in [6, 6.07) is 21.5. The number of methoxy groups -OCH3 is 3. The summed E-state index contributed by atoms with van der Waals surface area (Å²) in [5, 5.41) is 10.8. The fourth-order valence-corrected chi connectivity index (χ4v) is 8.32. The molecule has 0 saturated carbocycles. The number of hydrogen-bond acceptors (Lipinski definition) is 11. The van der Waals surface area contributed by atoms with Gasteiger partial charge in [0.15, 0.2) is 23.0 Å². The number of aliphatic hydroxyl groups is 1. The summed E-state index contributed by atoms with van der Waals surface area (Å²) in [5.74, 6) is 3.30. The van der Waals surface area contributed by atoms with Crippen molar-refractivity contribution in [3.63, 3.8) is 0 Å². The Balaban J connectivity index is 1.35. The van der Waals surface area contributed by atoms with Crippen LogP contribution < -0.4 is 23.7 Å². The zero-order valence-electron chi connectivity index (χ0n) is 31.8. The normalized spacial score (nSPS) is 17.9. The Morgan fingerprint density at radius 2 is 1.56 bits per heavy atom. The van der Waals surface area contributed by atoms with Gasteiger partial charge >= 0.3 is 5.97 Å². The van der Waals surface area contributed by atoms with E-state index in [0.717, 1.165) is 41.6 Å². The van der Waals surface area contributed by atoms with Crippen LogP contribution in [0.5, 0.6) is 40.2 Å². The summed E-state index contributed by atoms with van der Waals surface area (Å²) >= 11 is 0. The van der Waals surface area contributed by atoms with Crippen LogP contribution in [0.3, 0.4) is 0 Å². The van der Waals surface area contributed by atoms with Gasteiger partial charge in [-0.1, -0.05) is 18.2 Å². The third kappa shape index (κ3) is 6.88. The van der Waals surface area contributed by atoms with Crippen molar-refractivity contribution in [1.29, 1.82) is 0 Å². The molecule has 0 fully saturated rings. The number of benzene rings is 4. The summed E-state index contributed by atoms with van der Waals surface area (Å²) in [5.41, 5.74) is 7.74. The van der Waals surface area contributed by atoms with Crippen LogP contribution in [0.15, 0.2) is 77.4 Å². The molecule has 286 valence electrons. The highest BCUT2D eigenvalue weighted by molar-refractivity contribution is 5.86. The summed E-state index contributed by atoms with van der Waals surface area (Å²) < 4.78 is 42.8. The van der Waals surface area contributed by atoms with Crippen LogP contribution >= 0.6 is 0 Å². The van der Waals surface area contributed by atoms with E-state index in [2.05, 4.69) is 48.2 Å². The lowest BCUT2D eigenvalue weighted by Gasteiger charge is -2.38. The van der Waals surface area contributed by atoms with Gasteiger partial charge in [-0.15, -0.1) is 0 Å². The van der Waals surface area contributed by atoms with Gasteiger partial charge in [0.2, 0.25) is 11.5 Å². The molecule has 1 aromatic heterocycles. The zero-order chi connectivity index (χ0) is 38.2. The van der Waals surface area contributed by atoms with Crippen LogP contribution in [0.25, 0.3) is 0 Å². The molecule has 0 unspecified atom stereocenters. The maximum Gasteiger partial charge on any atom is 0.374 e. The second-order valence-electron chi connectivity index (χ2n) is 14.4. The molecule has 4 aromatic carbocycles. The lowest BCUT2D eigenvalue weighted by Crippen LogP contribution is -2.35. The standard InChI is InChI=1S/C44H46N2O9/c1-45-16-14-28-22-29(24-47)38-23-32(28)34(45)19-26-8-11-30(12-9-26)54-39-21-27(10-13-36(39)49-3)20-35-40-31(15-17-46(35)2)33(25-53-44(48)37-7-6-18-52-37)41(50-4)43(51-5)42(40)55-38/h6-13,18,21-23,34-35,47H,14-17,19-20,24-25H2,1-5H3/t34-,35-/m0/s1. The average Bonchev–Trinajstić information content (AvgIpc) is 3.75. The van der Waals surface area contributed by atoms with Crippen molar-refractivity contribution in [2.45, 2.75) is 51.0 Å². The number of hydrogen-bond donors (Lipinski definition) is 1. The van der Waals surface area contributed by atoms with Crippen molar-refractivity contribution in [3.05, 3.63) is 123 Å². The van der Waals surface area contributed by atoms with Gasteiger partial charge in [-0.2, -0.15) is 0 Å². The first kappa shape index (κ1) is 36.5. The van der Waals surface area contributed by atoms with Gasteiger partial charge in [0, 0.05) is 41.9 Å². The zero-order valence-corrected chi connectivity index (χ0v) is 31.8. The van der Waals surface area contributed by atoms with E-state index in [-0.39, 0.29) is 31.1 Å². The fourth-order valence-electron chi connectivity index (χ4n) is 8.32. The Morgan fingerprint density at radius 3 is 2.29 bits per heavy atom. The smallest absolute Gasteiger partial charge is 0.374 e. The molecule has 4 aliphatic rings. The van der Waals surface area contributed by atoms with Crippen molar-refractivity contribution < 1.29 is 42.7 Å². The molecular weight excluding hydrogens is 700 g/mol. The van der Waals surface area contributed by atoms with Crippen molar-refractivity contribution in [2.24, 2.45) is 0 Å². The van der Waals surface area contributed by atoms with Gasteiger partial charge in [-0.25, -0.2) is 4.79 Å². The fraction of sp³-hybridized carbons (Fsp3) is 0.341. The molecule has 9 rings (SSSR count). The lowest BCUT2D eigenvalue weighted by atomic mass is 9.84. The molecule has 0 aliphatic carbocycles. The van der Waals surface area contributed by atoms with E-state index in [1.807, 2.05) is 30.3 Å². The van der Waals surface area contributed by atoms with E-state index in [9.17, 15) is 9.90 Å². The van der Waals surface area contributed by atoms with Gasteiger partial charge in [-0.05, 0) is 116 Å². The van der Waals surface area contributed by atoms with E-state index in [1.54, 1.807) is 33.5 Å². The molecule has 5 aromatic rings. The topological polar surface area (TPSA) is 112 Å². The third-order valence-electron chi connectivity index (χ3n) is 11.2. The number of esters is 1. The quantitative estimate of drug-likeness (QED) is 0.166. The maximum absolute atomic E-state index is 13.1. The monoisotopic (exact) mass is 746 g/mol. The Labute approximate surface area is 320 Å². The highest BCUT2D eigenvalue weighted by Crippen LogP contribution is 2.53. The van der Waals surface area contributed by atoms with Gasteiger partial charge < -0.3 is 37.9 Å². The minimum atomic E-state index is -0.584. The maximum atomic E-state index is 13.1. The second-order valence-corrected chi connectivity index (χ2v) is 14.4. The number of fused-ring (bicyclic) bond motifs is 2. The summed E-state index contributed by atoms with van der Waals surface area (Å²) in [6.45, 7) is 1.32. The minimum Gasteiger partial charge on any atom is -0.493 e. The molecule has 5 heterocycles. The van der Waals surface area contributed by atoms with Gasteiger partial charge in [0.05, 0.1) is 34.2 Å². The largest absolute Gasteiger partial charge is 0.493 e. The molecule has 4 aliphatic heterocycles. The van der Waals surface area contributed by atoms with Crippen molar-refractivity contribution in [2.75, 3.05) is 48.5 Å². The molecule has 11 nitrogen and oxygen atoms in total. The number of aliphatic hydroxyl groups excluding tert-OH is 1. The number of rotatable bonds is 7. The Bertz CT molecular complexity index is 2200. The number of carbonyl (C=O) groups excluding carboxylic acids is 1. The van der Waals surface area contributed by atoms with E-state index in [0.29, 0.717) is 70.8 Å². The first-order chi connectivity index (χ1) is 26.8. The van der Waals surface area contributed by atoms with Crippen LogP contribution in [0.1, 0.15) is 67.1 Å². The molecule has 2 atom stereocenters. The number of furan rings is 1. The summed E-state index contributed by atoms with van der Waals surface area (Å²) in [4.78, 5) is 17.7. The molecule has 0 radical (unpaired) electrons. The molecule has 0 spiro atoms. The molecule has 1 N–H and O–H groups in total. The van der Waals surface area contributed by atoms with Crippen LogP contribution in [0.4, 0.5) is 0 Å². The SMILES string of the molecule is COc1ccc2cc1Oc1ccc(cc1)C[C@H]1c3cc(c(CO)cc3CCN1C)Oc1c(OC)c(OC)c(COC(=O)c3ccco3)c3c1[C@H](C2)N(C)CC3. The van der Waals surface area contributed by atoms with Crippen LogP contribution in [-0.4, -0.2) is 69.4 Å². The van der Waals surface area contributed by atoms with Crippen LogP contribution in [-0.2, 0) is 43.6 Å². The Kier molecular flexibility index (Phi) is 10.2. The number of carbonyl (C=O) groups is 1. The van der Waals surface area contributed by atoms with Crippen LogP contribution in [0.2, 0.25) is 0 Å². The van der Waals surface area contributed by atoms with Crippen molar-refractivity contribution >= 4 is 5.97 Å². The molecule has 6 bridgehead atoms. The first-order valence-electron chi connectivity index (χ1n) is 18.6. The van der Waals surface area contributed by atoms with E-state index in [1.165, 1.54) is 17.4 Å². The molecule has 55 heavy (non-hydrogen) atoms. The summed E-state index contributed by atoms with van der Waals surface area (Å²) in [7, 11) is 9.05. The molecule has 11 heteroatoms. The predicted molar refractivity (Wildman–Crippen MR) is 205 cm³/mol. The van der Waals surface area contributed by atoms with E-state index >= 15 is 0 Å². The van der Waals surface area contributed by atoms with Gasteiger partial charge in [-0.3, -0.25) is 9.80 Å².